The third kappa shape index (κ3) is 5.74. The predicted octanol–water partition coefficient (Wildman–Crippen LogP) is 17.5. The van der Waals surface area contributed by atoms with Gasteiger partial charge in [0.1, 0.15) is 11.2 Å². The highest BCUT2D eigenvalue weighted by Gasteiger charge is 2.30. The van der Waals surface area contributed by atoms with Crippen LogP contribution in [0.4, 0.5) is 34.1 Å². The molecule has 0 N–H and O–H groups in total. The Labute approximate surface area is 395 Å². The number of furan rings is 1. The first-order valence-corrected chi connectivity index (χ1v) is 23.1. The van der Waals surface area contributed by atoms with Gasteiger partial charge in [0.05, 0.1) is 22.7 Å². The highest BCUT2D eigenvalue weighted by atomic mass is 16.5. The van der Waals surface area contributed by atoms with Gasteiger partial charge < -0.3 is 23.7 Å². The Hall–Kier alpha value is -9.46. The van der Waals surface area contributed by atoms with Crippen molar-refractivity contribution in [3.63, 3.8) is 0 Å². The number of para-hydroxylation sites is 6. The fraction of sp³-hybridized carbons (Fsp3) is 0. The molecule has 0 unspecified atom stereocenters. The van der Waals surface area contributed by atoms with Crippen molar-refractivity contribution in [2.24, 2.45) is 0 Å². The SMILES string of the molecule is c1cncc(-c2c3ccc(N4c5ccccc5Oc5cc6c(cc54)oc4cc5cc7ccccc7cc5cc46)cc3c(-c3cccnc3)c3ccc(N4c5ccccc5Oc5ccccc54)cc23)c1. The molecule has 7 heteroatoms. The second-order valence-corrected chi connectivity index (χ2v) is 17.8. The summed E-state index contributed by atoms with van der Waals surface area (Å²) in [4.78, 5) is 14.0. The van der Waals surface area contributed by atoms with Crippen LogP contribution in [0.1, 0.15) is 0 Å². The lowest BCUT2D eigenvalue weighted by atomic mass is 9.86. The minimum atomic E-state index is 0.753. The lowest BCUT2D eigenvalue weighted by Crippen LogP contribution is -2.16. The summed E-state index contributed by atoms with van der Waals surface area (Å²) in [6.45, 7) is 0. The summed E-state index contributed by atoms with van der Waals surface area (Å²) in [6.07, 6.45) is 7.60. The van der Waals surface area contributed by atoms with E-state index in [0.717, 1.165) is 128 Å². The number of pyridine rings is 2. The summed E-state index contributed by atoms with van der Waals surface area (Å²) in [6, 6.07) is 68.4. The average molecular weight is 885 g/mol. The molecule has 0 fully saturated rings. The van der Waals surface area contributed by atoms with Crippen molar-refractivity contribution in [2.75, 3.05) is 9.80 Å². The van der Waals surface area contributed by atoms with E-state index < -0.39 is 0 Å². The van der Waals surface area contributed by atoms with Crippen LogP contribution < -0.4 is 19.3 Å². The van der Waals surface area contributed by atoms with Crippen molar-refractivity contribution in [2.45, 2.75) is 0 Å². The van der Waals surface area contributed by atoms with Gasteiger partial charge in [-0.3, -0.25) is 9.97 Å². The van der Waals surface area contributed by atoms with Crippen LogP contribution >= 0.6 is 0 Å². The molecule has 0 aliphatic carbocycles. The predicted molar refractivity (Wildman–Crippen MR) is 280 cm³/mol. The maximum absolute atomic E-state index is 6.81. The maximum atomic E-state index is 6.81. The van der Waals surface area contributed by atoms with Crippen LogP contribution in [-0.2, 0) is 0 Å². The number of aromatic nitrogens is 2. The Morgan fingerprint density at radius 3 is 1.35 bits per heavy atom. The zero-order chi connectivity index (χ0) is 45.2. The molecule has 15 rings (SSSR count). The molecule has 2 aliphatic rings. The van der Waals surface area contributed by atoms with Gasteiger partial charge in [-0.1, -0.05) is 84.9 Å². The summed E-state index contributed by atoms with van der Waals surface area (Å²) in [5, 5.41) is 11.1. The van der Waals surface area contributed by atoms with Crippen molar-refractivity contribution < 1.29 is 13.9 Å². The van der Waals surface area contributed by atoms with Gasteiger partial charge in [0, 0.05) is 64.1 Å². The van der Waals surface area contributed by atoms with E-state index in [0.29, 0.717) is 0 Å². The first-order valence-electron chi connectivity index (χ1n) is 23.1. The molecular weight excluding hydrogens is 849 g/mol. The Morgan fingerprint density at radius 1 is 0.319 bits per heavy atom. The second-order valence-electron chi connectivity index (χ2n) is 17.8. The zero-order valence-electron chi connectivity index (χ0n) is 36.8. The molecule has 0 bridgehead atoms. The molecular formula is C62H36N4O3. The van der Waals surface area contributed by atoms with Gasteiger partial charge in [0.2, 0.25) is 0 Å². The summed E-state index contributed by atoms with van der Waals surface area (Å²) in [7, 11) is 0. The van der Waals surface area contributed by atoms with Crippen LogP contribution in [0, 0.1) is 0 Å². The van der Waals surface area contributed by atoms with E-state index in [1.54, 1.807) is 0 Å². The van der Waals surface area contributed by atoms with Crippen LogP contribution in [0.15, 0.2) is 223 Å². The minimum Gasteiger partial charge on any atom is -0.456 e. The summed E-state index contributed by atoms with van der Waals surface area (Å²) < 4.78 is 20.0. The molecule has 322 valence electrons. The van der Waals surface area contributed by atoms with E-state index >= 15 is 0 Å². The molecule has 0 spiro atoms. The first kappa shape index (κ1) is 37.7. The first-order chi connectivity index (χ1) is 34.2. The highest BCUT2D eigenvalue weighted by Crippen LogP contribution is 2.55. The number of rotatable bonds is 4. The van der Waals surface area contributed by atoms with Crippen molar-refractivity contribution in [3.8, 4) is 45.3 Å². The van der Waals surface area contributed by atoms with Crippen molar-refractivity contribution in [1.82, 2.24) is 9.97 Å². The van der Waals surface area contributed by atoms with Crippen LogP contribution in [0.5, 0.6) is 23.0 Å². The number of benzene rings is 10. The van der Waals surface area contributed by atoms with Crippen LogP contribution in [0.3, 0.4) is 0 Å². The molecule has 5 heterocycles. The second kappa shape index (κ2) is 14.5. The van der Waals surface area contributed by atoms with E-state index in [2.05, 4.69) is 165 Å². The molecule has 10 aromatic carbocycles. The largest absolute Gasteiger partial charge is 0.456 e. The summed E-state index contributed by atoms with van der Waals surface area (Å²) >= 11 is 0. The highest BCUT2D eigenvalue weighted by molar-refractivity contribution is 6.23. The lowest BCUT2D eigenvalue weighted by Gasteiger charge is -2.33. The van der Waals surface area contributed by atoms with Crippen LogP contribution in [0.25, 0.3) is 87.3 Å². The minimum absolute atomic E-state index is 0.753. The standard InChI is InChI=1S/C62H36N4O3/c1-2-12-38-28-42-30-58-47(29-41(42)27-37(38)11-1)48-33-60-54(34-59(48)69-58)66(53-17-5-8-20-57(53)68-60)44-22-24-46-50(32-44)62(40-14-10-26-64-36-40)45-23-21-43(31-49(45)61(46)39-13-9-25-63-35-39)65-51-15-3-6-18-55(51)67-56-19-7-4-16-52(56)65/h1-36H. The van der Waals surface area contributed by atoms with E-state index in [1.165, 1.54) is 16.2 Å². The van der Waals surface area contributed by atoms with E-state index in [1.807, 2.05) is 73.3 Å². The number of ether oxygens (including phenoxy) is 2. The third-order valence-electron chi connectivity index (χ3n) is 13.9. The number of nitrogens with zero attached hydrogens (tertiary/aromatic N) is 4. The fourth-order valence-corrected chi connectivity index (χ4v) is 10.8. The van der Waals surface area contributed by atoms with Gasteiger partial charge in [-0.15, -0.1) is 0 Å². The molecule has 0 atom stereocenters. The quantitative estimate of drug-likeness (QED) is 0.163. The molecule has 2 aliphatic heterocycles. The van der Waals surface area contributed by atoms with Gasteiger partial charge in [-0.25, -0.2) is 0 Å². The number of hydrogen-bond donors (Lipinski definition) is 0. The maximum Gasteiger partial charge on any atom is 0.152 e. The van der Waals surface area contributed by atoms with E-state index in [9.17, 15) is 0 Å². The molecule has 0 saturated heterocycles. The molecule has 0 amide bonds. The molecule has 13 aromatic rings. The van der Waals surface area contributed by atoms with E-state index in [-0.39, 0.29) is 0 Å². The van der Waals surface area contributed by atoms with Crippen LogP contribution in [-0.4, -0.2) is 9.97 Å². The number of hydrogen-bond acceptors (Lipinski definition) is 7. The number of fused-ring (bicyclic) bond motifs is 11. The van der Waals surface area contributed by atoms with Gasteiger partial charge in [-0.2, -0.15) is 0 Å². The molecule has 0 saturated carbocycles. The summed E-state index contributed by atoms with van der Waals surface area (Å²) in [5.74, 6) is 3.14. The van der Waals surface area contributed by atoms with Crippen LogP contribution in [0.2, 0.25) is 0 Å². The topological polar surface area (TPSA) is 63.9 Å². The monoisotopic (exact) mass is 884 g/mol. The Bertz CT molecular complexity index is 4240. The Morgan fingerprint density at radius 2 is 0.797 bits per heavy atom. The lowest BCUT2D eigenvalue weighted by molar-refractivity contribution is 0.477. The molecule has 7 nitrogen and oxygen atoms in total. The number of anilines is 6. The molecule has 3 aromatic heterocycles. The Kier molecular flexibility index (Phi) is 7.94. The van der Waals surface area contributed by atoms with E-state index in [4.69, 9.17) is 13.9 Å². The smallest absolute Gasteiger partial charge is 0.152 e. The zero-order valence-corrected chi connectivity index (χ0v) is 36.8. The van der Waals surface area contributed by atoms with Crippen molar-refractivity contribution >= 4 is 99.2 Å². The third-order valence-corrected chi connectivity index (χ3v) is 13.9. The summed E-state index contributed by atoms with van der Waals surface area (Å²) in [5.41, 5.74) is 11.6. The Balaban J connectivity index is 0.974. The van der Waals surface area contributed by atoms with Crippen molar-refractivity contribution in [3.05, 3.63) is 219 Å². The fourth-order valence-electron chi connectivity index (χ4n) is 10.8. The van der Waals surface area contributed by atoms with Gasteiger partial charge >= 0.3 is 0 Å². The normalized spacial score (nSPS) is 12.8. The van der Waals surface area contributed by atoms with Gasteiger partial charge in [-0.05, 0) is 157 Å². The molecule has 69 heavy (non-hydrogen) atoms. The average Bonchev–Trinajstić information content (AvgIpc) is 3.74. The molecule has 0 radical (unpaired) electrons. The van der Waals surface area contributed by atoms with Gasteiger partial charge in [0.25, 0.3) is 0 Å². The van der Waals surface area contributed by atoms with Crippen molar-refractivity contribution in [1.29, 1.82) is 0 Å². The van der Waals surface area contributed by atoms with Gasteiger partial charge in [0.15, 0.2) is 23.0 Å².